The van der Waals surface area contributed by atoms with Crippen molar-refractivity contribution in [2.75, 3.05) is 13.7 Å². The molecule has 1 aliphatic rings. The first-order valence-electron chi connectivity index (χ1n) is 6.62. The lowest BCUT2D eigenvalue weighted by atomic mass is 9.77. The van der Waals surface area contributed by atoms with Crippen LogP contribution in [0.1, 0.15) is 43.2 Å². The number of benzene rings is 1. The summed E-state index contributed by atoms with van der Waals surface area (Å²) in [4.78, 5) is 0. The second-order valence-electron chi connectivity index (χ2n) is 5.16. The Morgan fingerprint density at radius 1 is 1.24 bits per heavy atom. The lowest BCUT2D eigenvalue weighted by Gasteiger charge is -2.34. The summed E-state index contributed by atoms with van der Waals surface area (Å²) in [5, 5.41) is 0. The zero-order valence-corrected chi connectivity index (χ0v) is 10.7. The van der Waals surface area contributed by atoms with Crippen LogP contribution in [-0.2, 0) is 16.7 Å². The monoisotopic (exact) mass is 233 g/mol. The molecular weight excluding hydrogens is 210 g/mol. The van der Waals surface area contributed by atoms with Gasteiger partial charge >= 0.3 is 0 Å². The van der Waals surface area contributed by atoms with Gasteiger partial charge in [0.15, 0.2) is 0 Å². The second kappa shape index (κ2) is 5.65. The molecule has 1 aliphatic carbocycles. The molecule has 0 amide bonds. The number of rotatable bonds is 4. The van der Waals surface area contributed by atoms with Crippen LogP contribution >= 0.6 is 0 Å². The summed E-state index contributed by atoms with van der Waals surface area (Å²) in [5.41, 5.74) is 9.11. The maximum Gasteiger partial charge on any atom is 0.0502 e. The van der Waals surface area contributed by atoms with E-state index in [-0.39, 0.29) is 5.54 Å². The van der Waals surface area contributed by atoms with Gasteiger partial charge in [-0.15, -0.1) is 0 Å². The molecule has 1 aromatic carbocycles. The van der Waals surface area contributed by atoms with E-state index in [9.17, 15) is 0 Å². The zero-order valence-electron chi connectivity index (χ0n) is 10.7. The van der Waals surface area contributed by atoms with Crippen LogP contribution in [-0.4, -0.2) is 13.7 Å². The van der Waals surface area contributed by atoms with Gasteiger partial charge in [-0.2, -0.15) is 0 Å². The normalized spacial score (nSPS) is 19.2. The van der Waals surface area contributed by atoms with Gasteiger partial charge in [-0.3, -0.25) is 0 Å². The van der Waals surface area contributed by atoms with Crippen LogP contribution in [0, 0.1) is 0 Å². The Kier molecular flexibility index (Phi) is 4.19. The summed E-state index contributed by atoms with van der Waals surface area (Å²) in [6, 6.07) is 8.74. The first kappa shape index (κ1) is 12.6. The largest absolute Gasteiger partial charge is 0.384 e. The summed E-state index contributed by atoms with van der Waals surface area (Å²) >= 11 is 0. The van der Waals surface area contributed by atoms with Crippen LogP contribution in [0.15, 0.2) is 24.3 Å². The molecule has 0 saturated heterocycles. The molecule has 0 bridgehead atoms. The fraction of sp³-hybridized carbons (Fsp3) is 0.600. The molecule has 0 spiro atoms. The summed E-state index contributed by atoms with van der Waals surface area (Å²) in [6.45, 7) is 0.779. The Morgan fingerprint density at radius 3 is 2.71 bits per heavy atom. The average Bonchev–Trinajstić information content (AvgIpc) is 2.38. The first-order chi connectivity index (χ1) is 8.24. The Labute approximate surface area is 104 Å². The van der Waals surface area contributed by atoms with E-state index in [1.807, 2.05) is 0 Å². The smallest absolute Gasteiger partial charge is 0.0502 e. The molecule has 0 aromatic heterocycles. The highest BCUT2D eigenvalue weighted by Crippen LogP contribution is 2.34. The van der Waals surface area contributed by atoms with E-state index in [2.05, 4.69) is 24.3 Å². The topological polar surface area (TPSA) is 35.2 Å². The highest BCUT2D eigenvalue weighted by Gasteiger charge is 2.29. The number of methoxy groups -OCH3 is 1. The minimum absolute atomic E-state index is 0.0820. The number of hydrogen-bond acceptors (Lipinski definition) is 2. The van der Waals surface area contributed by atoms with Gasteiger partial charge in [0.05, 0.1) is 6.61 Å². The highest BCUT2D eigenvalue weighted by atomic mass is 16.5. The molecule has 0 radical (unpaired) electrons. The molecule has 17 heavy (non-hydrogen) atoms. The van der Waals surface area contributed by atoms with Gasteiger partial charge in [0.1, 0.15) is 0 Å². The third-order valence-corrected chi connectivity index (χ3v) is 3.84. The van der Waals surface area contributed by atoms with Crippen molar-refractivity contribution >= 4 is 0 Å². The van der Waals surface area contributed by atoms with E-state index in [1.165, 1.54) is 30.4 Å². The molecule has 1 aromatic rings. The lowest BCUT2D eigenvalue weighted by Crippen LogP contribution is -2.38. The predicted molar refractivity (Wildman–Crippen MR) is 71.0 cm³/mol. The van der Waals surface area contributed by atoms with Crippen molar-refractivity contribution in [3.05, 3.63) is 35.4 Å². The molecule has 2 nitrogen and oxygen atoms in total. The summed E-state index contributed by atoms with van der Waals surface area (Å²) in [5.74, 6) is 0. The molecule has 0 heterocycles. The minimum Gasteiger partial charge on any atom is -0.384 e. The summed E-state index contributed by atoms with van der Waals surface area (Å²) in [7, 11) is 1.75. The van der Waals surface area contributed by atoms with Gasteiger partial charge in [0.25, 0.3) is 0 Å². The summed E-state index contributed by atoms with van der Waals surface area (Å²) < 4.78 is 5.12. The molecule has 0 unspecified atom stereocenters. The van der Waals surface area contributed by atoms with Gasteiger partial charge in [-0.1, -0.05) is 43.5 Å². The number of nitrogens with two attached hydrogens (primary N) is 1. The van der Waals surface area contributed by atoms with Crippen LogP contribution in [0.3, 0.4) is 0 Å². The van der Waals surface area contributed by atoms with E-state index in [1.54, 1.807) is 7.11 Å². The second-order valence-corrected chi connectivity index (χ2v) is 5.16. The third-order valence-electron chi connectivity index (χ3n) is 3.84. The summed E-state index contributed by atoms with van der Waals surface area (Å²) in [6.07, 6.45) is 7.09. The average molecular weight is 233 g/mol. The minimum atomic E-state index is -0.0820. The van der Waals surface area contributed by atoms with E-state index >= 15 is 0 Å². The van der Waals surface area contributed by atoms with Gasteiger partial charge < -0.3 is 10.5 Å². The molecule has 2 rings (SSSR count). The van der Waals surface area contributed by atoms with Gasteiger partial charge in [-0.25, -0.2) is 0 Å². The molecule has 0 atom stereocenters. The van der Waals surface area contributed by atoms with Crippen LogP contribution in [0.4, 0.5) is 0 Å². The van der Waals surface area contributed by atoms with Crippen LogP contribution in [0.25, 0.3) is 0 Å². The van der Waals surface area contributed by atoms with Gasteiger partial charge in [0.2, 0.25) is 0 Å². The van der Waals surface area contributed by atoms with Crippen molar-refractivity contribution in [3.63, 3.8) is 0 Å². The fourth-order valence-electron chi connectivity index (χ4n) is 2.73. The van der Waals surface area contributed by atoms with Crippen LogP contribution < -0.4 is 5.73 Å². The third kappa shape index (κ3) is 3.08. The van der Waals surface area contributed by atoms with E-state index in [0.717, 1.165) is 25.9 Å². The molecule has 2 N–H and O–H groups in total. The Balaban J connectivity index is 2.14. The SMILES string of the molecule is COCCc1cccc(C2(N)CCCCC2)c1. The van der Waals surface area contributed by atoms with Gasteiger partial charge in [-0.05, 0) is 30.4 Å². The van der Waals surface area contributed by atoms with Crippen molar-refractivity contribution in [1.29, 1.82) is 0 Å². The first-order valence-corrected chi connectivity index (χ1v) is 6.62. The van der Waals surface area contributed by atoms with Crippen LogP contribution in [0.5, 0.6) is 0 Å². The molecule has 0 aliphatic heterocycles. The highest BCUT2D eigenvalue weighted by molar-refractivity contribution is 5.30. The Morgan fingerprint density at radius 2 is 2.00 bits per heavy atom. The van der Waals surface area contributed by atoms with Crippen molar-refractivity contribution in [2.24, 2.45) is 5.73 Å². The van der Waals surface area contributed by atoms with E-state index in [4.69, 9.17) is 10.5 Å². The Bertz CT molecular complexity index is 356. The van der Waals surface area contributed by atoms with E-state index in [0.29, 0.717) is 0 Å². The standard InChI is InChI=1S/C15H23NO/c1-17-11-8-13-6-5-7-14(12-13)15(16)9-3-2-4-10-15/h5-7,12H,2-4,8-11,16H2,1H3. The molecular formula is C15H23NO. The van der Waals surface area contributed by atoms with Crippen molar-refractivity contribution in [1.82, 2.24) is 0 Å². The Hall–Kier alpha value is -0.860. The maximum absolute atomic E-state index is 6.55. The predicted octanol–water partition coefficient (Wildman–Crippen LogP) is 2.99. The molecule has 1 saturated carbocycles. The van der Waals surface area contributed by atoms with Crippen LogP contribution in [0.2, 0.25) is 0 Å². The lowest BCUT2D eigenvalue weighted by molar-refractivity contribution is 0.202. The fourth-order valence-corrected chi connectivity index (χ4v) is 2.73. The molecule has 2 heteroatoms. The van der Waals surface area contributed by atoms with Crippen molar-refractivity contribution < 1.29 is 4.74 Å². The maximum atomic E-state index is 6.55. The molecule has 94 valence electrons. The van der Waals surface area contributed by atoms with Crippen molar-refractivity contribution in [2.45, 2.75) is 44.1 Å². The number of hydrogen-bond donors (Lipinski definition) is 1. The number of ether oxygens (including phenoxy) is 1. The molecule has 1 fully saturated rings. The van der Waals surface area contributed by atoms with Gasteiger partial charge in [0, 0.05) is 12.6 Å². The van der Waals surface area contributed by atoms with Crippen molar-refractivity contribution in [3.8, 4) is 0 Å². The zero-order chi connectivity index (χ0) is 12.1. The van der Waals surface area contributed by atoms with E-state index < -0.39 is 0 Å². The quantitative estimate of drug-likeness (QED) is 0.867.